The Bertz CT molecular complexity index is 1080. The molecule has 1 aliphatic heterocycles. The van der Waals surface area contributed by atoms with Gasteiger partial charge in [0.15, 0.2) is 0 Å². The van der Waals surface area contributed by atoms with Crippen LogP contribution in [-0.4, -0.2) is 55.6 Å². The first-order chi connectivity index (χ1) is 13.9. The Morgan fingerprint density at radius 1 is 1.24 bits per heavy atom. The van der Waals surface area contributed by atoms with Crippen molar-refractivity contribution in [1.82, 2.24) is 30.0 Å². The molecule has 9 heteroatoms. The summed E-state index contributed by atoms with van der Waals surface area (Å²) in [5, 5.41) is 8.13. The molecule has 3 aromatic rings. The number of halogens is 1. The molecule has 0 saturated carbocycles. The van der Waals surface area contributed by atoms with Gasteiger partial charge in [0.25, 0.3) is 11.9 Å². The van der Waals surface area contributed by atoms with Crippen LogP contribution in [0.15, 0.2) is 30.6 Å². The zero-order chi connectivity index (χ0) is 20.5. The number of carbonyl (C=O) groups is 2. The van der Waals surface area contributed by atoms with Crippen molar-refractivity contribution in [3.8, 4) is 5.95 Å². The van der Waals surface area contributed by atoms with Crippen molar-refractivity contribution in [2.75, 3.05) is 13.1 Å². The Hall–Kier alpha value is -3.36. The summed E-state index contributed by atoms with van der Waals surface area (Å²) < 4.78 is 15.1. The summed E-state index contributed by atoms with van der Waals surface area (Å²) in [4.78, 5) is 34.3. The quantitative estimate of drug-likeness (QED) is 0.731. The molecule has 1 aromatic carbocycles. The fraction of sp³-hybridized carbons (Fsp3) is 0.350. The van der Waals surface area contributed by atoms with Gasteiger partial charge in [0.05, 0.1) is 16.8 Å². The molecule has 0 bridgehead atoms. The smallest absolute Gasteiger partial charge is 0.254 e. The Morgan fingerprint density at radius 2 is 2.00 bits per heavy atom. The van der Waals surface area contributed by atoms with E-state index in [2.05, 4.69) is 20.4 Å². The first-order valence-corrected chi connectivity index (χ1v) is 9.46. The van der Waals surface area contributed by atoms with Crippen LogP contribution >= 0.6 is 0 Å². The summed E-state index contributed by atoms with van der Waals surface area (Å²) >= 11 is 0. The summed E-state index contributed by atoms with van der Waals surface area (Å²) in [7, 11) is 0. The van der Waals surface area contributed by atoms with Gasteiger partial charge in [-0.3, -0.25) is 9.59 Å². The maximum absolute atomic E-state index is 13.7. The van der Waals surface area contributed by atoms with E-state index in [1.54, 1.807) is 11.0 Å². The van der Waals surface area contributed by atoms with Crippen LogP contribution in [0, 0.1) is 12.7 Å². The number of amides is 2. The molecular formula is C20H21FN6O2. The second-order valence-corrected chi connectivity index (χ2v) is 7.21. The molecule has 1 fully saturated rings. The van der Waals surface area contributed by atoms with E-state index in [1.807, 2.05) is 6.92 Å². The minimum absolute atomic E-state index is 0.00909. The molecule has 2 amide bonds. The standard InChI is InChI=1S/C20H21FN6O2/c1-12-17-6-5-15(21)8-18(17)27(25-12)20-22-9-14(10-23-20)19(29)24-16-4-3-7-26(11-16)13(2)28/h5-6,8-10,16H,3-4,7,11H2,1-2H3,(H,24,29)/t16-/m1/s1. The van der Waals surface area contributed by atoms with Crippen LogP contribution < -0.4 is 5.32 Å². The number of aromatic nitrogens is 4. The Morgan fingerprint density at radius 3 is 2.72 bits per heavy atom. The molecule has 8 nitrogen and oxygen atoms in total. The van der Waals surface area contributed by atoms with Crippen molar-refractivity contribution < 1.29 is 14.0 Å². The van der Waals surface area contributed by atoms with Gasteiger partial charge < -0.3 is 10.2 Å². The van der Waals surface area contributed by atoms with Gasteiger partial charge in [-0.05, 0) is 31.9 Å². The molecule has 0 aliphatic carbocycles. The van der Waals surface area contributed by atoms with E-state index in [0.717, 1.165) is 30.5 Å². The Labute approximate surface area is 166 Å². The number of rotatable bonds is 3. The highest BCUT2D eigenvalue weighted by molar-refractivity contribution is 5.94. The van der Waals surface area contributed by atoms with Gasteiger partial charge in [-0.15, -0.1) is 0 Å². The Kier molecular flexibility index (Phi) is 4.96. The average Bonchev–Trinajstić information content (AvgIpc) is 3.04. The number of benzene rings is 1. The first-order valence-electron chi connectivity index (χ1n) is 9.46. The topological polar surface area (TPSA) is 93.0 Å². The lowest BCUT2D eigenvalue weighted by molar-refractivity contribution is -0.130. The normalized spacial score (nSPS) is 16.8. The molecule has 0 unspecified atom stereocenters. The molecule has 1 atom stereocenters. The highest BCUT2D eigenvalue weighted by atomic mass is 19.1. The lowest BCUT2D eigenvalue weighted by Gasteiger charge is -2.32. The molecular weight excluding hydrogens is 375 g/mol. The third kappa shape index (κ3) is 3.80. The first kappa shape index (κ1) is 19.0. The second-order valence-electron chi connectivity index (χ2n) is 7.21. The molecule has 0 radical (unpaired) electrons. The fourth-order valence-corrected chi connectivity index (χ4v) is 3.59. The summed E-state index contributed by atoms with van der Waals surface area (Å²) in [6, 6.07) is 4.33. The summed E-state index contributed by atoms with van der Waals surface area (Å²) in [5.74, 6) is -0.401. The third-order valence-corrected chi connectivity index (χ3v) is 5.12. The number of hydrogen-bond donors (Lipinski definition) is 1. The predicted octanol–water partition coefficient (Wildman–Crippen LogP) is 2.00. The highest BCUT2D eigenvalue weighted by Crippen LogP contribution is 2.21. The average molecular weight is 396 g/mol. The van der Waals surface area contributed by atoms with E-state index < -0.39 is 0 Å². The maximum atomic E-state index is 13.7. The summed E-state index contributed by atoms with van der Waals surface area (Å²) in [5.41, 5.74) is 1.61. The van der Waals surface area contributed by atoms with Gasteiger partial charge in [-0.2, -0.15) is 9.78 Å². The number of likely N-dealkylation sites (tertiary alicyclic amines) is 1. The van der Waals surface area contributed by atoms with Crippen LogP contribution in [0.5, 0.6) is 0 Å². The largest absolute Gasteiger partial charge is 0.347 e. The van der Waals surface area contributed by atoms with E-state index in [1.165, 1.54) is 36.1 Å². The number of piperidine rings is 1. The molecule has 2 aromatic heterocycles. The van der Waals surface area contributed by atoms with Gasteiger partial charge in [0, 0.05) is 49.9 Å². The minimum atomic E-state index is -0.373. The van der Waals surface area contributed by atoms with Crippen molar-refractivity contribution in [1.29, 1.82) is 0 Å². The number of carbonyl (C=O) groups excluding carboxylic acids is 2. The second kappa shape index (κ2) is 7.57. The molecule has 1 N–H and O–H groups in total. The number of hydrogen-bond acceptors (Lipinski definition) is 5. The molecule has 4 rings (SSSR count). The van der Waals surface area contributed by atoms with Gasteiger partial charge in [-0.25, -0.2) is 14.4 Å². The molecule has 3 heterocycles. The summed E-state index contributed by atoms with van der Waals surface area (Å²) in [6.45, 7) is 4.58. The minimum Gasteiger partial charge on any atom is -0.347 e. The number of nitrogens with one attached hydrogen (secondary N) is 1. The lowest BCUT2D eigenvalue weighted by atomic mass is 10.1. The van der Waals surface area contributed by atoms with Crippen LogP contribution in [0.25, 0.3) is 16.9 Å². The van der Waals surface area contributed by atoms with Crippen molar-refractivity contribution >= 4 is 22.7 Å². The fourth-order valence-electron chi connectivity index (χ4n) is 3.59. The highest BCUT2D eigenvalue weighted by Gasteiger charge is 2.23. The predicted molar refractivity (Wildman–Crippen MR) is 104 cm³/mol. The third-order valence-electron chi connectivity index (χ3n) is 5.12. The van der Waals surface area contributed by atoms with Crippen LogP contribution in [0.3, 0.4) is 0 Å². The SMILES string of the molecule is CC(=O)N1CCC[C@@H](NC(=O)c2cnc(-n3nc(C)c4ccc(F)cc43)nc2)C1. The van der Waals surface area contributed by atoms with E-state index >= 15 is 0 Å². The van der Waals surface area contributed by atoms with Gasteiger partial charge in [-0.1, -0.05) is 0 Å². The van der Waals surface area contributed by atoms with E-state index in [0.29, 0.717) is 17.6 Å². The van der Waals surface area contributed by atoms with Gasteiger partial charge in [0.2, 0.25) is 5.91 Å². The number of fused-ring (bicyclic) bond motifs is 1. The van der Waals surface area contributed by atoms with Crippen LogP contribution in [0.2, 0.25) is 0 Å². The zero-order valence-electron chi connectivity index (χ0n) is 16.2. The zero-order valence-corrected chi connectivity index (χ0v) is 16.2. The van der Waals surface area contributed by atoms with E-state index in [4.69, 9.17) is 0 Å². The van der Waals surface area contributed by atoms with Crippen molar-refractivity contribution in [3.05, 3.63) is 47.7 Å². The van der Waals surface area contributed by atoms with E-state index in [9.17, 15) is 14.0 Å². The number of nitrogens with zero attached hydrogens (tertiary/aromatic N) is 5. The number of aryl methyl sites for hydroxylation is 1. The molecule has 29 heavy (non-hydrogen) atoms. The molecule has 1 saturated heterocycles. The van der Waals surface area contributed by atoms with Gasteiger partial charge >= 0.3 is 0 Å². The molecule has 1 aliphatic rings. The lowest BCUT2D eigenvalue weighted by Crippen LogP contribution is -2.49. The van der Waals surface area contributed by atoms with Gasteiger partial charge in [0.1, 0.15) is 5.82 Å². The van der Waals surface area contributed by atoms with Crippen LogP contribution in [0.1, 0.15) is 35.8 Å². The summed E-state index contributed by atoms with van der Waals surface area (Å²) in [6.07, 6.45) is 4.51. The Balaban J connectivity index is 1.52. The van der Waals surface area contributed by atoms with Crippen molar-refractivity contribution in [3.63, 3.8) is 0 Å². The van der Waals surface area contributed by atoms with Crippen molar-refractivity contribution in [2.45, 2.75) is 32.7 Å². The van der Waals surface area contributed by atoms with Crippen molar-refractivity contribution in [2.24, 2.45) is 0 Å². The van der Waals surface area contributed by atoms with Crippen LogP contribution in [-0.2, 0) is 4.79 Å². The van der Waals surface area contributed by atoms with Crippen LogP contribution in [0.4, 0.5) is 4.39 Å². The maximum Gasteiger partial charge on any atom is 0.254 e. The van der Waals surface area contributed by atoms with E-state index in [-0.39, 0.29) is 29.6 Å². The molecule has 0 spiro atoms. The molecule has 150 valence electrons. The monoisotopic (exact) mass is 396 g/mol.